The molecule has 11 heteroatoms. The van der Waals surface area contributed by atoms with Crippen molar-refractivity contribution >= 4 is 28.8 Å². The fourth-order valence-electron chi connectivity index (χ4n) is 6.48. The summed E-state index contributed by atoms with van der Waals surface area (Å²) in [5.41, 5.74) is 3.35. The first-order valence-corrected chi connectivity index (χ1v) is 13.6. The molecule has 1 unspecified atom stereocenters. The highest BCUT2D eigenvalue weighted by Gasteiger charge is 2.43. The summed E-state index contributed by atoms with van der Waals surface area (Å²) >= 11 is 0. The molecule has 2 amide bonds. The number of piperazine rings is 2. The molecule has 2 N–H and O–H groups in total. The van der Waals surface area contributed by atoms with Crippen LogP contribution in [-0.2, 0) is 0 Å². The van der Waals surface area contributed by atoms with Crippen LogP contribution in [0.15, 0.2) is 24.5 Å². The van der Waals surface area contributed by atoms with Crippen LogP contribution in [0, 0.1) is 0 Å². The molecule has 2 bridgehead atoms. The van der Waals surface area contributed by atoms with Crippen molar-refractivity contribution in [2.24, 2.45) is 0 Å². The number of nitrogens with one attached hydrogen (secondary N) is 2. The van der Waals surface area contributed by atoms with E-state index >= 15 is 0 Å². The largest absolute Gasteiger partial charge is 0.354 e. The van der Waals surface area contributed by atoms with Crippen LogP contribution in [0.25, 0.3) is 22.3 Å². The van der Waals surface area contributed by atoms with E-state index in [1.54, 1.807) is 0 Å². The van der Waals surface area contributed by atoms with E-state index in [0.29, 0.717) is 6.04 Å². The van der Waals surface area contributed by atoms with E-state index in [9.17, 15) is 4.79 Å². The average Bonchev–Trinajstić information content (AvgIpc) is 3.66. The highest BCUT2D eigenvalue weighted by molar-refractivity contribution is 5.89. The van der Waals surface area contributed by atoms with Crippen LogP contribution in [-0.4, -0.2) is 105 Å². The van der Waals surface area contributed by atoms with Gasteiger partial charge in [0.2, 0.25) is 5.95 Å². The van der Waals surface area contributed by atoms with Gasteiger partial charge in [-0.15, -0.1) is 0 Å². The summed E-state index contributed by atoms with van der Waals surface area (Å²) in [4.78, 5) is 36.2. The predicted molar refractivity (Wildman–Crippen MR) is 142 cm³/mol. The summed E-state index contributed by atoms with van der Waals surface area (Å²) in [7, 11) is 0. The number of likely N-dealkylation sites (tertiary alicyclic amines) is 2. The lowest BCUT2D eigenvalue weighted by molar-refractivity contribution is 0.150. The molecule has 7 heterocycles. The van der Waals surface area contributed by atoms with Crippen LogP contribution in [0.5, 0.6) is 0 Å². The standard InChI is InChI=1S/C26H34N10O/c1-17-14-34(11-8-27-17)22-7-4-18(12-28-22)23-24-21(31-32-23)13-29-25(30-24)36-19-5-6-20(36)16-35(15-19)26(37)33-9-2-3-10-33/h4,7,12-13,17,19-20,27H,2-3,5-6,8-11,14-16H2,1H3,(H,31,32)/t17?,19-,20+. The van der Waals surface area contributed by atoms with E-state index < -0.39 is 0 Å². The number of nitrogens with zero attached hydrogens (tertiary/aromatic N) is 8. The summed E-state index contributed by atoms with van der Waals surface area (Å²) in [6, 6.07) is 5.32. The lowest BCUT2D eigenvalue weighted by Crippen LogP contribution is -2.58. The molecule has 0 spiro atoms. The molecule has 3 aromatic heterocycles. The van der Waals surface area contributed by atoms with E-state index in [1.165, 1.54) is 0 Å². The second-order valence-corrected chi connectivity index (χ2v) is 10.9. The normalized spacial score (nSPS) is 25.9. The Morgan fingerprint density at radius 2 is 1.78 bits per heavy atom. The van der Waals surface area contributed by atoms with Crippen molar-refractivity contribution in [1.82, 2.24) is 40.3 Å². The minimum atomic E-state index is 0.203. The molecule has 4 fully saturated rings. The number of pyridine rings is 1. The first kappa shape index (κ1) is 22.7. The van der Waals surface area contributed by atoms with Gasteiger partial charge in [0.1, 0.15) is 22.5 Å². The van der Waals surface area contributed by atoms with Gasteiger partial charge >= 0.3 is 6.03 Å². The summed E-state index contributed by atoms with van der Waals surface area (Å²) in [6.07, 6.45) is 8.08. The Bertz CT molecular complexity index is 1270. The van der Waals surface area contributed by atoms with Crippen molar-refractivity contribution < 1.29 is 4.79 Å². The van der Waals surface area contributed by atoms with Gasteiger partial charge in [-0.3, -0.25) is 5.10 Å². The molecule has 0 saturated carbocycles. The lowest BCUT2D eigenvalue weighted by atomic mass is 10.1. The maximum atomic E-state index is 13.0. The Labute approximate surface area is 216 Å². The zero-order valence-corrected chi connectivity index (χ0v) is 21.3. The third-order valence-electron chi connectivity index (χ3n) is 8.36. The number of aromatic nitrogens is 5. The minimum absolute atomic E-state index is 0.203. The van der Waals surface area contributed by atoms with Crippen LogP contribution < -0.4 is 15.1 Å². The van der Waals surface area contributed by atoms with E-state index in [-0.39, 0.29) is 18.1 Å². The van der Waals surface area contributed by atoms with Crippen LogP contribution in [0.3, 0.4) is 0 Å². The number of urea groups is 1. The van der Waals surface area contributed by atoms with Gasteiger partial charge in [-0.1, -0.05) is 0 Å². The van der Waals surface area contributed by atoms with Crippen LogP contribution in [0.1, 0.15) is 32.6 Å². The third kappa shape index (κ3) is 4.05. The SMILES string of the molecule is CC1CN(c2ccc(-c3n[nH]c4cnc(N5[C@@H]6CC[C@H]5CN(C(=O)N5CCCC5)C6)nc34)cn2)CCN1. The van der Waals surface area contributed by atoms with Gasteiger partial charge in [-0.25, -0.2) is 19.7 Å². The molecule has 0 radical (unpaired) electrons. The Morgan fingerprint density at radius 3 is 2.51 bits per heavy atom. The average molecular weight is 503 g/mol. The summed E-state index contributed by atoms with van der Waals surface area (Å²) in [6.45, 7) is 8.33. The molecule has 194 valence electrons. The Balaban J connectivity index is 1.12. The second-order valence-electron chi connectivity index (χ2n) is 10.9. The quantitative estimate of drug-likeness (QED) is 0.560. The summed E-state index contributed by atoms with van der Waals surface area (Å²) in [5.74, 6) is 1.72. The van der Waals surface area contributed by atoms with Gasteiger partial charge in [-0.2, -0.15) is 5.10 Å². The van der Waals surface area contributed by atoms with E-state index in [0.717, 1.165) is 106 Å². The zero-order valence-electron chi connectivity index (χ0n) is 21.3. The molecule has 3 atom stereocenters. The van der Waals surface area contributed by atoms with Crippen molar-refractivity contribution in [3.05, 3.63) is 24.5 Å². The fourth-order valence-corrected chi connectivity index (χ4v) is 6.48. The second kappa shape index (κ2) is 9.13. The first-order chi connectivity index (χ1) is 18.1. The lowest BCUT2D eigenvalue weighted by Gasteiger charge is -2.42. The molecule has 11 nitrogen and oxygen atoms in total. The van der Waals surface area contributed by atoms with Crippen molar-refractivity contribution in [2.75, 3.05) is 55.6 Å². The zero-order chi connectivity index (χ0) is 24.9. The number of carbonyl (C=O) groups is 1. The maximum absolute atomic E-state index is 13.0. The number of carbonyl (C=O) groups excluding carboxylic acids is 1. The Hall–Kier alpha value is -3.47. The molecule has 4 aliphatic rings. The van der Waals surface area contributed by atoms with Gasteiger partial charge in [0.15, 0.2) is 0 Å². The highest BCUT2D eigenvalue weighted by atomic mass is 16.2. The molecule has 4 saturated heterocycles. The maximum Gasteiger partial charge on any atom is 0.320 e. The number of rotatable bonds is 3. The van der Waals surface area contributed by atoms with E-state index in [4.69, 9.17) is 15.0 Å². The Morgan fingerprint density at radius 1 is 0.973 bits per heavy atom. The molecule has 0 aliphatic carbocycles. The van der Waals surface area contributed by atoms with Gasteiger partial charge in [0.25, 0.3) is 0 Å². The van der Waals surface area contributed by atoms with Gasteiger partial charge < -0.3 is 24.9 Å². The van der Waals surface area contributed by atoms with Crippen molar-refractivity contribution in [1.29, 1.82) is 0 Å². The van der Waals surface area contributed by atoms with Gasteiger partial charge in [0, 0.05) is 63.6 Å². The monoisotopic (exact) mass is 502 g/mol. The fraction of sp³-hybridized carbons (Fsp3) is 0.577. The van der Waals surface area contributed by atoms with Crippen molar-refractivity contribution in [2.45, 2.75) is 50.7 Å². The number of anilines is 2. The third-order valence-corrected chi connectivity index (χ3v) is 8.36. The first-order valence-electron chi connectivity index (χ1n) is 13.6. The molecule has 37 heavy (non-hydrogen) atoms. The van der Waals surface area contributed by atoms with E-state index in [1.807, 2.05) is 17.3 Å². The van der Waals surface area contributed by atoms with Gasteiger partial charge in [0.05, 0.1) is 18.3 Å². The highest BCUT2D eigenvalue weighted by Crippen LogP contribution is 2.35. The number of H-pyrrole nitrogens is 1. The van der Waals surface area contributed by atoms with Crippen molar-refractivity contribution in [3.63, 3.8) is 0 Å². The van der Waals surface area contributed by atoms with Gasteiger partial charge in [-0.05, 0) is 44.7 Å². The molecular formula is C26H34N10O. The van der Waals surface area contributed by atoms with E-state index in [2.05, 4.69) is 49.3 Å². The molecule has 4 aliphatic heterocycles. The topological polar surface area (TPSA) is 109 Å². The van der Waals surface area contributed by atoms with Crippen molar-refractivity contribution in [3.8, 4) is 11.3 Å². The minimum Gasteiger partial charge on any atom is -0.354 e. The number of hydrogen-bond donors (Lipinski definition) is 2. The predicted octanol–water partition coefficient (Wildman–Crippen LogP) is 2.08. The molecular weight excluding hydrogens is 468 g/mol. The molecule has 7 rings (SSSR count). The summed E-state index contributed by atoms with van der Waals surface area (Å²) in [5, 5.41) is 11.1. The number of fused-ring (bicyclic) bond motifs is 3. The molecule has 0 aromatic carbocycles. The van der Waals surface area contributed by atoms with Crippen LogP contribution >= 0.6 is 0 Å². The molecule has 3 aromatic rings. The number of hydrogen-bond acceptors (Lipinski definition) is 8. The summed E-state index contributed by atoms with van der Waals surface area (Å²) < 4.78 is 0. The van der Waals surface area contributed by atoms with Crippen LogP contribution in [0.4, 0.5) is 16.6 Å². The smallest absolute Gasteiger partial charge is 0.320 e. The number of aromatic amines is 1. The van der Waals surface area contributed by atoms with Crippen LogP contribution in [0.2, 0.25) is 0 Å². The number of amides is 2. The Kier molecular flexibility index (Phi) is 5.60.